The third-order valence-electron chi connectivity index (χ3n) is 0.883. The van der Waals surface area contributed by atoms with Gasteiger partial charge in [0.2, 0.25) is 0 Å². The second-order valence-corrected chi connectivity index (χ2v) is 1.62. The van der Waals surface area contributed by atoms with Crippen molar-refractivity contribution in [3.05, 3.63) is 0 Å². The molecule has 0 bridgehead atoms. The maximum atomic E-state index is 8.18. The Bertz CT molecular complexity index is 173. The van der Waals surface area contributed by atoms with Gasteiger partial charge in [0.15, 0.2) is 0 Å². The molecule has 0 fully saturated rings. The fourth-order valence-electron chi connectivity index (χ4n) is 0.468. The summed E-state index contributed by atoms with van der Waals surface area (Å²) in [4.78, 5) is 1.46. The Kier molecular flexibility index (Phi) is 35.1. The van der Waals surface area contributed by atoms with Gasteiger partial charge in [-0.2, -0.15) is 15.8 Å². The molecule has 0 aliphatic rings. The van der Waals surface area contributed by atoms with E-state index in [0.717, 1.165) is 0 Å². The first-order chi connectivity index (χ1) is 4.85. The van der Waals surface area contributed by atoms with Gasteiger partial charge in [-0.05, 0) is 0 Å². The van der Waals surface area contributed by atoms with Gasteiger partial charge in [-0.25, -0.2) is 0 Å². The van der Waals surface area contributed by atoms with Gasteiger partial charge in [-0.1, -0.05) is 0 Å². The van der Waals surface area contributed by atoms with Crippen molar-refractivity contribution < 1.29 is 0 Å². The molecule has 0 atom stereocenters. The summed E-state index contributed by atoms with van der Waals surface area (Å²) in [7, 11) is 0. The van der Waals surface area contributed by atoms with E-state index in [1.807, 2.05) is 18.2 Å². The number of hydrogen-bond acceptors (Lipinski definition) is 4. The first kappa shape index (κ1) is 23.9. The SMILES string of the molecule is N#CCN(CC#N)CC#N.[NaH].[NaH].[NaH]. The predicted molar refractivity (Wildman–Crippen MR) is 54.7 cm³/mol. The average molecular weight is 206 g/mol. The Hall–Kier alpha value is 1.43. The van der Waals surface area contributed by atoms with Crippen LogP contribution in [0.2, 0.25) is 0 Å². The van der Waals surface area contributed by atoms with Gasteiger partial charge in [0.1, 0.15) is 0 Å². The van der Waals surface area contributed by atoms with Crippen LogP contribution in [0.25, 0.3) is 0 Å². The van der Waals surface area contributed by atoms with Gasteiger partial charge in [0.05, 0.1) is 37.8 Å². The normalized spacial score (nSPS) is 6.00. The summed E-state index contributed by atoms with van der Waals surface area (Å²) < 4.78 is 0. The number of hydrogen-bond donors (Lipinski definition) is 0. The van der Waals surface area contributed by atoms with E-state index in [1.165, 1.54) is 4.90 Å². The summed E-state index contributed by atoms with van der Waals surface area (Å²) in [5.74, 6) is 0. The van der Waals surface area contributed by atoms with E-state index in [2.05, 4.69) is 0 Å². The minimum atomic E-state index is 0. The fourth-order valence-corrected chi connectivity index (χ4v) is 0.468. The molecule has 0 radical (unpaired) electrons. The Morgan fingerprint density at radius 3 is 1.08 bits per heavy atom. The molecular formula is C6H9N4Na3. The summed E-state index contributed by atoms with van der Waals surface area (Å²) in [6.07, 6.45) is 0. The quantitative estimate of drug-likeness (QED) is 0.392. The molecule has 0 N–H and O–H groups in total. The molecule has 7 heteroatoms. The van der Waals surface area contributed by atoms with Crippen molar-refractivity contribution >= 4 is 88.7 Å². The average Bonchev–Trinajstić information content (AvgIpc) is 1.90. The summed E-state index contributed by atoms with van der Waals surface area (Å²) in [6.45, 7) is 0.420. The molecule has 0 rings (SSSR count). The molecule has 0 aliphatic heterocycles. The molecule has 0 aliphatic carbocycles. The standard InChI is InChI=1S/C6H6N4.3Na.3H/c7-1-4-10(5-2-8)6-3-9;;;;;;/h4-6H2;;;;;;. The first-order valence-electron chi connectivity index (χ1n) is 2.68. The second kappa shape index (κ2) is 19.1. The fraction of sp³-hybridized carbons (Fsp3) is 0.500. The molecule has 0 aromatic heterocycles. The van der Waals surface area contributed by atoms with Crippen LogP contribution in [-0.4, -0.2) is 113 Å². The molecular weight excluding hydrogens is 197 g/mol. The Balaban J connectivity index is -0.000000135. The maximum absolute atomic E-state index is 8.18. The van der Waals surface area contributed by atoms with Gasteiger partial charge in [0.25, 0.3) is 0 Å². The van der Waals surface area contributed by atoms with Gasteiger partial charge >= 0.3 is 88.7 Å². The van der Waals surface area contributed by atoms with Gasteiger partial charge in [-0.3, -0.25) is 4.90 Å². The van der Waals surface area contributed by atoms with Gasteiger partial charge in [-0.15, -0.1) is 0 Å². The molecule has 0 heterocycles. The summed E-state index contributed by atoms with van der Waals surface area (Å²) >= 11 is 0. The van der Waals surface area contributed by atoms with Crippen molar-refractivity contribution in [3.8, 4) is 18.2 Å². The van der Waals surface area contributed by atoms with Crippen LogP contribution in [0.5, 0.6) is 0 Å². The van der Waals surface area contributed by atoms with E-state index < -0.39 is 0 Å². The summed E-state index contributed by atoms with van der Waals surface area (Å²) in [5, 5.41) is 24.5. The molecule has 0 saturated carbocycles. The molecule has 0 saturated heterocycles. The predicted octanol–water partition coefficient (Wildman–Crippen LogP) is -2.09. The van der Waals surface area contributed by atoms with Crippen LogP contribution in [0.3, 0.4) is 0 Å². The minimum absolute atomic E-state index is 0. The molecule has 0 aromatic carbocycles. The van der Waals surface area contributed by atoms with Crippen molar-refractivity contribution in [2.75, 3.05) is 19.6 Å². The first-order valence-corrected chi connectivity index (χ1v) is 2.68. The van der Waals surface area contributed by atoms with Crippen LogP contribution in [0, 0.1) is 34.0 Å². The third kappa shape index (κ3) is 16.1. The monoisotopic (exact) mass is 206 g/mol. The van der Waals surface area contributed by atoms with E-state index in [-0.39, 0.29) is 108 Å². The van der Waals surface area contributed by atoms with Crippen molar-refractivity contribution in [2.24, 2.45) is 0 Å². The van der Waals surface area contributed by atoms with Crippen LogP contribution >= 0.6 is 0 Å². The van der Waals surface area contributed by atoms with Crippen LogP contribution in [0.4, 0.5) is 0 Å². The molecule has 13 heavy (non-hydrogen) atoms. The number of nitriles is 3. The molecule has 0 amide bonds. The van der Waals surface area contributed by atoms with E-state index in [9.17, 15) is 0 Å². The molecule has 4 nitrogen and oxygen atoms in total. The van der Waals surface area contributed by atoms with Crippen LogP contribution in [-0.2, 0) is 0 Å². The van der Waals surface area contributed by atoms with Crippen LogP contribution < -0.4 is 0 Å². The molecule has 0 aromatic rings. The zero-order valence-corrected chi connectivity index (χ0v) is 5.41. The van der Waals surface area contributed by atoms with Crippen LogP contribution in [0.15, 0.2) is 0 Å². The van der Waals surface area contributed by atoms with Gasteiger partial charge < -0.3 is 0 Å². The van der Waals surface area contributed by atoms with E-state index >= 15 is 0 Å². The summed E-state index contributed by atoms with van der Waals surface area (Å²) in [6, 6.07) is 5.58. The van der Waals surface area contributed by atoms with Gasteiger partial charge in [0, 0.05) is 0 Å². The molecule has 56 valence electrons. The second-order valence-electron chi connectivity index (χ2n) is 1.62. The number of nitrogens with zero attached hydrogens (tertiary/aromatic N) is 4. The molecule has 0 spiro atoms. The third-order valence-corrected chi connectivity index (χ3v) is 0.883. The van der Waals surface area contributed by atoms with E-state index in [4.69, 9.17) is 15.8 Å². The van der Waals surface area contributed by atoms with Crippen molar-refractivity contribution in [2.45, 2.75) is 0 Å². The van der Waals surface area contributed by atoms with Crippen LogP contribution in [0.1, 0.15) is 0 Å². The van der Waals surface area contributed by atoms with Crippen molar-refractivity contribution in [1.82, 2.24) is 4.90 Å². The number of rotatable bonds is 3. The van der Waals surface area contributed by atoms with E-state index in [0.29, 0.717) is 0 Å². The zero-order chi connectivity index (χ0) is 7.82. The van der Waals surface area contributed by atoms with E-state index in [1.54, 1.807) is 0 Å². The van der Waals surface area contributed by atoms with Crippen molar-refractivity contribution in [3.63, 3.8) is 0 Å². The molecule has 0 unspecified atom stereocenters. The zero-order valence-electron chi connectivity index (χ0n) is 5.41. The van der Waals surface area contributed by atoms with Crippen molar-refractivity contribution in [1.29, 1.82) is 15.8 Å². The Morgan fingerprint density at radius 2 is 0.923 bits per heavy atom. The Morgan fingerprint density at radius 1 is 0.692 bits per heavy atom. The Labute approximate surface area is 145 Å². The summed E-state index contributed by atoms with van der Waals surface area (Å²) in [5.41, 5.74) is 0. The topological polar surface area (TPSA) is 74.6 Å².